The number of hydrogen-bond donors (Lipinski definition) is 2. The Labute approximate surface area is 157 Å². The van der Waals surface area contributed by atoms with Crippen molar-refractivity contribution >= 4 is 47.5 Å². The molecule has 0 aliphatic rings. The highest BCUT2D eigenvalue weighted by Gasteiger charge is 2.15. The van der Waals surface area contributed by atoms with E-state index in [9.17, 15) is 0 Å². The Hall–Kier alpha value is -2.51. The molecule has 3 aromatic rings. The van der Waals surface area contributed by atoms with Crippen LogP contribution in [0.1, 0.15) is 11.1 Å². The summed E-state index contributed by atoms with van der Waals surface area (Å²) in [5.74, 6) is 1.74. The van der Waals surface area contributed by atoms with Crippen LogP contribution in [-0.4, -0.2) is 29.2 Å². The van der Waals surface area contributed by atoms with Gasteiger partial charge in [0.1, 0.15) is 11.3 Å². The number of pyridine rings is 1. The molecule has 0 radical (unpaired) electrons. The molecule has 4 N–H and O–H groups in total. The van der Waals surface area contributed by atoms with Crippen LogP contribution in [0.5, 0.6) is 11.5 Å². The number of rotatable bonds is 4. The lowest BCUT2D eigenvalue weighted by Crippen LogP contribution is -2.05. The minimum absolute atomic E-state index is 0. The molecule has 0 saturated heterocycles. The summed E-state index contributed by atoms with van der Waals surface area (Å²) in [5, 5.41) is 0.960. The standard InChI is InChI=1S/C16H17N5O2.2ClH/c1-22-12-7-9(6-10-8-20-16(18)21-15(10)17)11-4-3-5-19-13(11)14(12)23-2;;/h3-5,7-8H,6H2,1-2H3,(H4,17,18,20,21);2*1H. The highest BCUT2D eigenvalue weighted by atomic mass is 35.5. The van der Waals surface area contributed by atoms with Gasteiger partial charge in [0.25, 0.3) is 0 Å². The second-order valence-corrected chi connectivity index (χ2v) is 4.99. The van der Waals surface area contributed by atoms with E-state index in [1.165, 1.54) is 0 Å². The number of fused-ring (bicyclic) bond motifs is 1. The summed E-state index contributed by atoms with van der Waals surface area (Å²) < 4.78 is 10.9. The lowest BCUT2D eigenvalue weighted by atomic mass is 10.0. The summed E-state index contributed by atoms with van der Waals surface area (Å²) >= 11 is 0. The zero-order valence-corrected chi connectivity index (χ0v) is 15.4. The molecule has 1 aromatic carbocycles. The number of nitrogens with two attached hydrogens (primary N) is 2. The summed E-state index contributed by atoms with van der Waals surface area (Å²) in [4.78, 5) is 12.4. The third-order valence-electron chi connectivity index (χ3n) is 3.62. The average Bonchev–Trinajstić information content (AvgIpc) is 2.56. The zero-order chi connectivity index (χ0) is 16.4. The molecule has 0 spiro atoms. The topological polar surface area (TPSA) is 109 Å². The van der Waals surface area contributed by atoms with Crippen molar-refractivity contribution < 1.29 is 9.47 Å². The Morgan fingerprint density at radius 2 is 1.80 bits per heavy atom. The molecule has 2 aromatic heterocycles. The second kappa shape index (κ2) is 8.55. The number of ether oxygens (including phenoxy) is 2. The van der Waals surface area contributed by atoms with Crippen LogP contribution in [0.3, 0.4) is 0 Å². The van der Waals surface area contributed by atoms with Crippen molar-refractivity contribution in [2.24, 2.45) is 0 Å². The molecule has 0 bridgehead atoms. The van der Waals surface area contributed by atoms with E-state index in [-0.39, 0.29) is 30.8 Å². The van der Waals surface area contributed by atoms with Crippen LogP contribution in [0.4, 0.5) is 11.8 Å². The Balaban J connectivity index is 0.00000156. The van der Waals surface area contributed by atoms with Gasteiger partial charge in [-0.05, 0) is 17.7 Å². The molecule has 25 heavy (non-hydrogen) atoms. The Bertz CT molecular complexity index is 877. The molecule has 2 heterocycles. The largest absolute Gasteiger partial charge is 0.493 e. The van der Waals surface area contributed by atoms with Crippen LogP contribution < -0.4 is 20.9 Å². The first-order valence-electron chi connectivity index (χ1n) is 6.99. The molecule has 0 amide bonds. The molecule has 0 fully saturated rings. The van der Waals surface area contributed by atoms with Crippen LogP contribution in [0.2, 0.25) is 0 Å². The minimum atomic E-state index is 0. The average molecular weight is 384 g/mol. The van der Waals surface area contributed by atoms with Crippen LogP contribution >= 0.6 is 24.8 Å². The van der Waals surface area contributed by atoms with Crippen LogP contribution in [-0.2, 0) is 6.42 Å². The minimum Gasteiger partial charge on any atom is -0.493 e. The van der Waals surface area contributed by atoms with E-state index in [1.807, 2.05) is 18.2 Å². The van der Waals surface area contributed by atoms with Gasteiger partial charge in [0.05, 0.1) is 14.2 Å². The van der Waals surface area contributed by atoms with Gasteiger partial charge in [-0.3, -0.25) is 4.98 Å². The fraction of sp³-hybridized carbons (Fsp3) is 0.188. The summed E-state index contributed by atoms with van der Waals surface area (Å²) in [6.45, 7) is 0. The van der Waals surface area contributed by atoms with Crippen LogP contribution in [0.25, 0.3) is 10.9 Å². The summed E-state index contributed by atoms with van der Waals surface area (Å²) in [6.07, 6.45) is 3.89. The Kier molecular flexibility index (Phi) is 7.02. The van der Waals surface area contributed by atoms with Gasteiger partial charge in [-0.25, -0.2) is 4.98 Å². The molecule has 7 nitrogen and oxygen atoms in total. The van der Waals surface area contributed by atoms with E-state index in [1.54, 1.807) is 26.6 Å². The molecule has 0 atom stereocenters. The summed E-state index contributed by atoms with van der Waals surface area (Å²) in [7, 11) is 3.19. The molecule has 0 aliphatic heterocycles. The quantitative estimate of drug-likeness (QED) is 0.712. The van der Waals surface area contributed by atoms with Gasteiger partial charge in [0.2, 0.25) is 5.95 Å². The summed E-state index contributed by atoms with van der Waals surface area (Å²) in [6, 6.07) is 5.77. The van der Waals surface area contributed by atoms with Crippen LogP contribution in [0, 0.1) is 0 Å². The first-order chi connectivity index (χ1) is 11.1. The summed E-state index contributed by atoms with van der Waals surface area (Å²) in [5.41, 5.74) is 14.0. The monoisotopic (exact) mass is 383 g/mol. The van der Waals surface area contributed by atoms with Crippen molar-refractivity contribution in [2.45, 2.75) is 6.42 Å². The molecule has 0 aliphatic carbocycles. The third kappa shape index (κ3) is 3.94. The van der Waals surface area contributed by atoms with Crippen molar-refractivity contribution in [1.29, 1.82) is 0 Å². The highest BCUT2D eigenvalue weighted by molar-refractivity contribution is 5.90. The van der Waals surface area contributed by atoms with Crippen molar-refractivity contribution in [3.05, 3.63) is 41.7 Å². The Morgan fingerprint density at radius 1 is 1.04 bits per heavy atom. The number of anilines is 2. The SMILES string of the molecule is COc1cc(Cc2cnc(N)nc2N)c2cccnc2c1OC.Cl.Cl. The van der Waals surface area contributed by atoms with Gasteiger partial charge < -0.3 is 20.9 Å². The Morgan fingerprint density at radius 3 is 2.44 bits per heavy atom. The number of aromatic nitrogens is 3. The number of nitrogens with zero attached hydrogens (tertiary/aromatic N) is 3. The number of hydrogen-bond acceptors (Lipinski definition) is 7. The molecule has 3 rings (SSSR count). The molecule has 0 saturated carbocycles. The van der Waals surface area contributed by atoms with E-state index >= 15 is 0 Å². The molecule has 134 valence electrons. The van der Waals surface area contributed by atoms with E-state index in [4.69, 9.17) is 20.9 Å². The first-order valence-corrected chi connectivity index (χ1v) is 6.99. The van der Waals surface area contributed by atoms with Gasteiger partial charge in [-0.15, -0.1) is 24.8 Å². The normalized spacial score (nSPS) is 9.84. The molecular formula is C16H19Cl2N5O2. The van der Waals surface area contributed by atoms with E-state index in [2.05, 4.69) is 15.0 Å². The van der Waals surface area contributed by atoms with Gasteiger partial charge in [-0.1, -0.05) is 6.07 Å². The van der Waals surface area contributed by atoms with Crippen molar-refractivity contribution in [1.82, 2.24) is 15.0 Å². The number of halogens is 2. The van der Waals surface area contributed by atoms with E-state index in [0.717, 1.165) is 22.0 Å². The first kappa shape index (κ1) is 20.5. The third-order valence-corrected chi connectivity index (χ3v) is 3.62. The smallest absolute Gasteiger partial charge is 0.221 e. The zero-order valence-electron chi connectivity index (χ0n) is 13.7. The predicted octanol–water partition coefficient (Wildman–Crippen LogP) is 2.64. The van der Waals surface area contributed by atoms with Crippen molar-refractivity contribution in [3.8, 4) is 11.5 Å². The van der Waals surface area contributed by atoms with E-state index < -0.39 is 0 Å². The van der Waals surface area contributed by atoms with Crippen molar-refractivity contribution in [3.63, 3.8) is 0 Å². The molecule has 0 unspecified atom stereocenters. The van der Waals surface area contributed by atoms with Gasteiger partial charge >= 0.3 is 0 Å². The number of methoxy groups -OCH3 is 2. The fourth-order valence-corrected chi connectivity index (χ4v) is 2.53. The molecule has 9 heteroatoms. The van der Waals surface area contributed by atoms with Gasteiger partial charge in [0.15, 0.2) is 11.5 Å². The van der Waals surface area contributed by atoms with Crippen molar-refractivity contribution in [2.75, 3.05) is 25.7 Å². The lowest BCUT2D eigenvalue weighted by Gasteiger charge is -2.14. The maximum atomic E-state index is 5.94. The maximum absolute atomic E-state index is 5.94. The molecular weight excluding hydrogens is 365 g/mol. The number of benzene rings is 1. The van der Waals surface area contributed by atoms with Gasteiger partial charge in [-0.2, -0.15) is 4.98 Å². The van der Waals surface area contributed by atoms with Gasteiger partial charge in [0, 0.05) is 29.8 Å². The predicted molar refractivity (Wildman–Crippen MR) is 103 cm³/mol. The van der Waals surface area contributed by atoms with Crippen LogP contribution in [0.15, 0.2) is 30.6 Å². The highest BCUT2D eigenvalue weighted by Crippen LogP contribution is 2.37. The number of nitrogen functional groups attached to an aromatic ring is 2. The maximum Gasteiger partial charge on any atom is 0.221 e. The van der Waals surface area contributed by atoms with E-state index in [0.29, 0.717) is 23.7 Å². The second-order valence-electron chi connectivity index (χ2n) is 4.99. The fourth-order valence-electron chi connectivity index (χ4n) is 2.53. The lowest BCUT2D eigenvalue weighted by molar-refractivity contribution is 0.357.